The molecule has 2 N–H and O–H groups in total. The zero-order valence-corrected chi connectivity index (χ0v) is 10.9. The van der Waals surface area contributed by atoms with Crippen LogP contribution in [-0.4, -0.2) is 30.5 Å². The third kappa shape index (κ3) is 4.63. The van der Waals surface area contributed by atoms with E-state index in [4.69, 9.17) is 9.84 Å². The van der Waals surface area contributed by atoms with E-state index in [1.807, 2.05) is 13.8 Å². The van der Waals surface area contributed by atoms with E-state index in [0.717, 1.165) is 0 Å². The molecule has 0 heterocycles. The van der Waals surface area contributed by atoms with Crippen LogP contribution in [0.1, 0.15) is 20.3 Å². The summed E-state index contributed by atoms with van der Waals surface area (Å²) in [5.74, 6) is 0.684. The second-order valence-electron chi connectivity index (χ2n) is 4.48. The number of methoxy groups -OCH3 is 1. The summed E-state index contributed by atoms with van der Waals surface area (Å²) in [7, 11) is 1.31. The Bertz CT molecular complexity index is 386. The smallest absolute Gasteiger partial charge is 0.411 e. The predicted octanol–water partition coefficient (Wildman–Crippen LogP) is 2.40. The van der Waals surface area contributed by atoms with Crippen molar-refractivity contribution in [1.29, 1.82) is 0 Å². The van der Waals surface area contributed by atoms with Gasteiger partial charge in [-0.25, -0.2) is 4.79 Å². The molecule has 0 bridgehead atoms. The molecule has 0 aliphatic heterocycles. The van der Waals surface area contributed by atoms with Gasteiger partial charge in [0, 0.05) is 18.7 Å². The van der Waals surface area contributed by atoms with E-state index in [1.165, 1.54) is 7.11 Å². The summed E-state index contributed by atoms with van der Waals surface area (Å²) in [6, 6.07) is 6.96. The number of nitrogens with one attached hydrogen (secondary N) is 1. The highest BCUT2D eigenvalue weighted by atomic mass is 16.5. The first-order valence-electron chi connectivity index (χ1n) is 5.72. The van der Waals surface area contributed by atoms with E-state index in [2.05, 4.69) is 10.1 Å². The maximum Gasteiger partial charge on any atom is 0.411 e. The minimum Gasteiger partial charge on any atom is -0.488 e. The number of benzene rings is 1. The Morgan fingerprint density at radius 3 is 2.44 bits per heavy atom. The van der Waals surface area contributed by atoms with Crippen molar-refractivity contribution < 1.29 is 19.4 Å². The van der Waals surface area contributed by atoms with E-state index >= 15 is 0 Å². The maximum absolute atomic E-state index is 11.0. The molecule has 100 valence electrons. The molecule has 1 rings (SSSR count). The van der Waals surface area contributed by atoms with Crippen LogP contribution in [0, 0.1) is 0 Å². The number of ether oxygens (including phenoxy) is 2. The van der Waals surface area contributed by atoms with Crippen molar-refractivity contribution >= 4 is 11.8 Å². The highest BCUT2D eigenvalue weighted by molar-refractivity contribution is 5.84. The number of aliphatic hydroxyl groups is 1. The second-order valence-corrected chi connectivity index (χ2v) is 4.48. The fourth-order valence-corrected chi connectivity index (χ4v) is 1.41. The largest absolute Gasteiger partial charge is 0.488 e. The van der Waals surface area contributed by atoms with Crippen LogP contribution in [0.2, 0.25) is 0 Å². The number of hydrogen-bond donors (Lipinski definition) is 2. The number of anilines is 1. The molecule has 1 aromatic carbocycles. The third-order valence-corrected chi connectivity index (χ3v) is 2.39. The Morgan fingerprint density at radius 1 is 1.33 bits per heavy atom. The van der Waals surface area contributed by atoms with E-state index in [0.29, 0.717) is 17.9 Å². The number of aliphatic hydroxyl groups excluding tert-OH is 1. The minimum atomic E-state index is -0.510. The van der Waals surface area contributed by atoms with Crippen molar-refractivity contribution in [3.05, 3.63) is 24.3 Å². The summed E-state index contributed by atoms with van der Waals surface area (Å²) in [6.07, 6.45) is 0.0408. The topological polar surface area (TPSA) is 67.8 Å². The zero-order valence-electron chi connectivity index (χ0n) is 10.9. The first-order valence-corrected chi connectivity index (χ1v) is 5.72. The van der Waals surface area contributed by atoms with Crippen molar-refractivity contribution in [1.82, 2.24) is 0 Å². The Kier molecular flexibility index (Phi) is 4.97. The number of carbonyl (C=O) groups excluding carboxylic acids is 1. The average Bonchev–Trinajstić information content (AvgIpc) is 2.31. The van der Waals surface area contributed by atoms with Gasteiger partial charge in [-0.3, -0.25) is 5.32 Å². The van der Waals surface area contributed by atoms with Crippen LogP contribution in [0.3, 0.4) is 0 Å². The van der Waals surface area contributed by atoms with Gasteiger partial charge >= 0.3 is 6.09 Å². The molecule has 0 aliphatic rings. The fraction of sp³-hybridized carbons (Fsp3) is 0.462. The highest BCUT2D eigenvalue weighted by Crippen LogP contribution is 2.22. The van der Waals surface area contributed by atoms with Crippen LogP contribution in [-0.2, 0) is 4.74 Å². The molecule has 1 amide bonds. The SMILES string of the molecule is COC(=O)Nc1ccc(OC(C)(C)CCO)cc1. The lowest BCUT2D eigenvalue weighted by atomic mass is 10.1. The molecular weight excluding hydrogens is 234 g/mol. The number of rotatable bonds is 5. The number of carbonyl (C=O) groups is 1. The summed E-state index contributed by atoms with van der Waals surface area (Å²) in [5, 5.41) is 11.5. The van der Waals surface area contributed by atoms with Gasteiger partial charge in [0.2, 0.25) is 0 Å². The van der Waals surface area contributed by atoms with Gasteiger partial charge in [-0.1, -0.05) is 0 Å². The molecule has 0 fully saturated rings. The molecule has 0 atom stereocenters. The Labute approximate surface area is 107 Å². The van der Waals surface area contributed by atoms with Gasteiger partial charge in [0.15, 0.2) is 0 Å². The Balaban J connectivity index is 2.63. The van der Waals surface area contributed by atoms with Gasteiger partial charge in [-0.15, -0.1) is 0 Å². The van der Waals surface area contributed by atoms with E-state index in [-0.39, 0.29) is 6.61 Å². The summed E-state index contributed by atoms with van der Waals surface area (Å²) >= 11 is 0. The summed E-state index contributed by atoms with van der Waals surface area (Å²) in [6.45, 7) is 3.89. The van der Waals surface area contributed by atoms with Crippen molar-refractivity contribution in [2.75, 3.05) is 19.0 Å². The minimum absolute atomic E-state index is 0.0784. The molecule has 0 saturated carbocycles. The molecule has 0 radical (unpaired) electrons. The Hall–Kier alpha value is -1.75. The van der Waals surface area contributed by atoms with Crippen molar-refractivity contribution in [2.45, 2.75) is 25.9 Å². The standard InChI is InChI=1S/C13H19NO4/c1-13(2,8-9-15)18-11-6-4-10(5-7-11)14-12(16)17-3/h4-7,15H,8-9H2,1-3H3,(H,14,16). The molecule has 5 heteroatoms. The summed E-state index contributed by atoms with van der Waals surface area (Å²) in [5.41, 5.74) is 0.209. The van der Waals surface area contributed by atoms with Crippen LogP contribution in [0.4, 0.5) is 10.5 Å². The molecule has 0 aliphatic carbocycles. The van der Waals surface area contributed by atoms with Crippen LogP contribution in [0.15, 0.2) is 24.3 Å². The summed E-state index contributed by atoms with van der Waals surface area (Å²) < 4.78 is 10.2. The number of hydrogen-bond acceptors (Lipinski definition) is 4. The lowest BCUT2D eigenvalue weighted by Gasteiger charge is -2.25. The van der Waals surface area contributed by atoms with Crippen molar-refractivity contribution in [3.8, 4) is 5.75 Å². The second kappa shape index (κ2) is 6.26. The third-order valence-electron chi connectivity index (χ3n) is 2.39. The summed E-state index contributed by atoms with van der Waals surface area (Å²) in [4.78, 5) is 11.0. The van der Waals surface area contributed by atoms with Crippen LogP contribution >= 0.6 is 0 Å². The predicted molar refractivity (Wildman–Crippen MR) is 68.9 cm³/mol. The van der Waals surface area contributed by atoms with Gasteiger partial charge in [-0.05, 0) is 38.1 Å². The molecule has 0 unspecified atom stereocenters. The van der Waals surface area contributed by atoms with Crippen molar-refractivity contribution in [2.24, 2.45) is 0 Å². The molecule has 0 saturated heterocycles. The molecular formula is C13H19NO4. The van der Waals surface area contributed by atoms with E-state index in [1.54, 1.807) is 24.3 Å². The molecule has 0 aromatic heterocycles. The first kappa shape index (κ1) is 14.3. The Morgan fingerprint density at radius 2 is 1.94 bits per heavy atom. The van der Waals surface area contributed by atoms with Gasteiger partial charge < -0.3 is 14.6 Å². The van der Waals surface area contributed by atoms with Gasteiger partial charge in [0.1, 0.15) is 11.4 Å². The van der Waals surface area contributed by atoms with Crippen molar-refractivity contribution in [3.63, 3.8) is 0 Å². The van der Waals surface area contributed by atoms with Crippen LogP contribution < -0.4 is 10.1 Å². The molecule has 0 spiro atoms. The lowest BCUT2D eigenvalue weighted by molar-refractivity contribution is 0.0765. The van der Waals surface area contributed by atoms with Gasteiger partial charge in [0.05, 0.1) is 7.11 Å². The monoisotopic (exact) mass is 253 g/mol. The van der Waals surface area contributed by atoms with E-state index < -0.39 is 11.7 Å². The molecule has 18 heavy (non-hydrogen) atoms. The van der Waals surface area contributed by atoms with Crippen LogP contribution in [0.5, 0.6) is 5.75 Å². The average molecular weight is 253 g/mol. The molecule has 5 nitrogen and oxygen atoms in total. The fourth-order valence-electron chi connectivity index (χ4n) is 1.41. The first-order chi connectivity index (χ1) is 8.46. The lowest BCUT2D eigenvalue weighted by Crippen LogP contribution is -2.29. The normalized spacial score (nSPS) is 10.9. The molecule has 1 aromatic rings. The van der Waals surface area contributed by atoms with E-state index in [9.17, 15) is 4.79 Å². The highest BCUT2D eigenvalue weighted by Gasteiger charge is 2.18. The van der Waals surface area contributed by atoms with Gasteiger partial charge in [0.25, 0.3) is 0 Å². The number of amides is 1. The van der Waals surface area contributed by atoms with Gasteiger partial charge in [-0.2, -0.15) is 0 Å². The zero-order chi connectivity index (χ0) is 13.6. The maximum atomic E-state index is 11.0. The quantitative estimate of drug-likeness (QED) is 0.845. The van der Waals surface area contributed by atoms with Crippen LogP contribution in [0.25, 0.3) is 0 Å².